The first-order valence-electron chi connectivity index (χ1n) is 8.17. The lowest BCUT2D eigenvalue weighted by molar-refractivity contribution is -0.385. The first-order chi connectivity index (χ1) is 12.7. The summed E-state index contributed by atoms with van der Waals surface area (Å²) in [5, 5.41) is 23.5. The van der Waals surface area contributed by atoms with Gasteiger partial charge in [0.1, 0.15) is 11.3 Å². The smallest absolute Gasteiger partial charge is 0.345 e. The lowest BCUT2D eigenvalue weighted by Crippen LogP contribution is -2.28. The third-order valence-electron chi connectivity index (χ3n) is 4.02. The van der Waals surface area contributed by atoms with Gasteiger partial charge in [0.25, 0.3) is 11.6 Å². The Morgan fingerprint density at radius 2 is 1.78 bits per heavy atom. The molecule has 0 radical (unpaired) electrons. The van der Waals surface area contributed by atoms with Crippen LogP contribution >= 0.6 is 0 Å². The minimum atomic E-state index is -0.933. The number of ether oxygens (including phenoxy) is 1. The fraction of sp³-hybridized carbons (Fsp3) is 0.263. The number of carbonyl (C=O) groups is 2. The van der Waals surface area contributed by atoms with Crippen molar-refractivity contribution in [3.05, 3.63) is 68.3 Å². The maximum atomic E-state index is 12.1. The summed E-state index contributed by atoms with van der Waals surface area (Å²) >= 11 is 0. The summed E-state index contributed by atoms with van der Waals surface area (Å²) in [4.78, 5) is 34.5. The number of amides is 1. The van der Waals surface area contributed by atoms with Crippen molar-refractivity contribution in [2.45, 2.75) is 27.3 Å². The van der Waals surface area contributed by atoms with Crippen molar-refractivity contribution in [3.63, 3.8) is 0 Å². The highest BCUT2D eigenvalue weighted by atomic mass is 16.6. The monoisotopic (exact) mass is 372 g/mol. The van der Waals surface area contributed by atoms with Gasteiger partial charge in [-0.25, -0.2) is 4.79 Å². The Labute approximate surface area is 155 Å². The fourth-order valence-electron chi connectivity index (χ4n) is 2.67. The SMILES string of the molecule is Cc1cc(CNC(=O)COC(=O)c2cccc(C)c2[N+](=O)[O-])cc(C)c1O. The topological polar surface area (TPSA) is 119 Å². The van der Waals surface area contributed by atoms with Crippen molar-refractivity contribution >= 4 is 17.6 Å². The fourth-order valence-corrected chi connectivity index (χ4v) is 2.67. The van der Waals surface area contributed by atoms with E-state index in [2.05, 4.69) is 5.32 Å². The van der Waals surface area contributed by atoms with Crippen LogP contribution in [0.2, 0.25) is 0 Å². The maximum absolute atomic E-state index is 12.1. The number of rotatable bonds is 6. The third-order valence-corrected chi connectivity index (χ3v) is 4.02. The van der Waals surface area contributed by atoms with Crippen LogP contribution in [0, 0.1) is 30.9 Å². The second kappa shape index (κ2) is 8.31. The van der Waals surface area contributed by atoms with Crippen LogP contribution in [0.4, 0.5) is 5.69 Å². The van der Waals surface area contributed by atoms with Crippen LogP contribution in [0.15, 0.2) is 30.3 Å². The standard InChI is InChI=1S/C19H20N2O6/c1-11-5-4-6-15(17(11)21(25)26)19(24)27-10-16(22)20-9-14-7-12(2)18(23)13(3)8-14/h4-8,23H,9-10H2,1-3H3,(H,20,22). The minimum absolute atomic E-state index is 0.197. The van der Waals surface area contributed by atoms with Crippen LogP contribution in [-0.2, 0) is 16.1 Å². The maximum Gasteiger partial charge on any atom is 0.345 e. The summed E-state index contributed by atoms with van der Waals surface area (Å²) in [6, 6.07) is 7.79. The lowest BCUT2D eigenvalue weighted by atomic mass is 10.1. The molecule has 0 fully saturated rings. The number of nitrogens with zero attached hydrogens (tertiary/aromatic N) is 1. The number of nitro groups is 1. The van der Waals surface area contributed by atoms with Crippen LogP contribution < -0.4 is 5.32 Å². The van der Waals surface area contributed by atoms with Gasteiger partial charge < -0.3 is 15.2 Å². The van der Waals surface area contributed by atoms with E-state index in [1.165, 1.54) is 25.1 Å². The molecule has 8 heteroatoms. The summed E-state index contributed by atoms with van der Waals surface area (Å²) in [5.74, 6) is -1.27. The normalized spacial score (nSPS) is 10.3. The molecule has 0 aliphatic carbocycles. The number of nitro benzene ring substituents is 1. The molecule has 0 saturated heterocycles. The number of phenols is 1. The molecule has 2 N–H and O–H groups in total. The van der Waals surface area contributed by atoms with Crippen molar-refractivity contribution in [3.8, 4) is 5.75 Å². The minimum Gasteiger partial charge on any atom is -0.507 e. The Bertz CT molecular complexity index is 884. The van der Waals surface area contributed by atoms with Gasteiger partial charge in [-0.3, -0.25) is 14.9 Å². The molecule has 2 aromatic carbocycles. The average Bonchev–Trinajstić information content (AvgIpc) is 2.61. The predicted molar refractivity (Wildman–Crippen MR) is 97.5 cm³/mol. The van der Waals surface area contributed by atoms with Crippen molar-refractivity contribution in [2.75, 3.05) is 6.61 Å². The summed E-state index contributed by atoms with van der Waals surface area (Å²) in [7, 11) is 0. The molecule has 2 rings (SSSR count). The molecule has 0 aromatic heterocycles. The van der Waals surface area contributed by atoms with Crippen LogP contribution in [0.5, 0.6) is 5.75 Å². The summed E-state index contributed by atoms with van der Waals surface area (Å²) in [6.45, 7) is 4.67. The third kappa shape index (κ3) is 4.81. The number of aryl methyl sites for hydroxylation is 3. The number of hydrogen-bond acceptors (Lipinski definition) is 6. The molecule has 0 heterocycles. The lowest BCUT2D eigenvalue weighted by Gasteiger charge is -2.10. The van der Waals surface area contributed by atoms with E-state index in [0.29, 0.717) is 16.7 Å². The molecule has 0 saturated carbocycles. The van der Waals surface area contributed by atoms with Gasteiger partial charge in [0, 0.05) is 12.1 Å². The van der Waals surface area contributed by atoms with E-state index in [9.17, 15) is 24.8 Å². The van der Waals surface area contributed by atoms with Gasteiger partial charge in [0.2, 0.25) is 0 Å². The van der Waals surface area contributed by atoms with Crippen LogP contribution in [0.1, 0.15) is 32.6 Å². The molecule has 1 amide bonds. The quantitative estimate of drug-likeness (QED) is 0.457. The van der Waals surface area contributed by atoms with E-state index >= 15 is 0 Å². The van der Waals surface area contributed by atoms with Gasteiger partial charge >= 0.3 is 5.97 Å². The molecule has 142 valence electrons. The van der Waals surface area contributed by atoms with Gasteiger partial charge in [0.15, 0.2) is 6.61 Å². The number of aromatic hydroxyl groups is 1. The molecular weight excluding hydrogens is 352 g/mol. The summed E-state index contributed by atoms with van der Waals surface area (Å²) < 4.78 is 4.90. The van der Waals surface area contributed by atoms with Crippen LogP contribution in [-0.4, -0.2) is 28.5 Å². The molecule has 0 atom stereocenters. The van der Waals surface area contributed by atoms with E-state index in [1.54, 1.807) is 26.0 Å². The van der Waals surface area contributed by atoms with Crippen LogP contribution in [0.3, 0.4) is 0 Å². The van der Waals surface area contributed by atoms with Crippen molar-refractivity contribution in [1.82, 2.24) is 5.32 Å². The highest BCUT2D eigenvalue weighted by Gasteiger charge is 2.24. The highest BCUT2D eigenvalue weighted by Crippen LogP contribution is 2.24. The van der Waals surface area contributed by atoms with E-state index in [-0.39, 0.29) is 23.5 Å². The summed E-state index contributed by atoms with van der Waals surface area (Å²) in [6.07, 6.45) is 0. The Hall–Kier alpha value is -3.42. The zero-order valence-corrected chi connectivity index (χ0v) is 15.2. The Morgan fingerprint density at radius 1 is 1.15 bits per heavy atom. The zero-order chi connectivity index (χ0) is 20.1. The van der Waals surface area contributed by atoms with Gasteiger partial charge in [-0.15, -0.1) is 0 Å². The molecule has 0 aliphatic rings. The second-order valence-electron chi connectivity index (χ2n) is 6.16. The molecule has 8 nitrogen and oxygen atoms in total. The molecule has 2 aromatic rings. The number of esters is 1. The first-order valence-corrected chi connectivity index (χ1v) is 8.17. The number of para-hydroxylation sites is 1. The highest BCUT2D eigenvalue weighted by molar-refractivity contribution is 5.95. The van der Waals surface area contributed by atoms with Gasteiger partial charge in [0.05, 0.1) is 4.92 Å². The average molecular weight is 372 g/mol. The van der Waals surface area contributed by atoms with Gasteiger partial charge in [-0.2, -0.15) is 0 Å². The predicted octanol–water partition coefficient (Wildman–Crippen LogP) is 2.70. The van der Waals surface area contributed by atoms with Crippen LogP contribution in [0.25, 0.3) is 0 Å². The molecule has 0 bridgehead atoms. The van der Waals surface area contributed by atoms with E-state index in [4.69, 9.17) is 4.74 Å². The van der Waals surface area contributed by atoms with E-state index in [0.717, 1.165) is 5.56 Å². The van der Waals surface area contributed by atoms with Crippen molar-refractivity contribution < 1.29 is 24.4 Å². The van der Waals surface area contributed by atoms with Gasteiger partial charge in [-0.05, 0) is 43.5 Å². The van der Waals surface area contributed by atoms with Crippen molar-refractivity contribution in [2.24, 2.45) is 0 Å². The Kier molecular flexibility index (Phi) is 6.12. The molecule has 0 unspecified atom stereocenters. The number of carbonyl (C=O) groups excluding carboxylic acids is 2. The number of nitrogens with one attached hydrogen (secondary N) is 1. The van der Waals surface area contributed by atoms with E-state index in [1.807, 2.05) is 0 Å². The molecular formula is C19H20N2O6. The number of hydrogen-bond donors (Lipinski definition) is 2. The van der Waals surface area contributed by atoms with Gasteiger partial charge in [-0.1, -0.05) is 24.3 Å². The second-order valence-corrected chi connectivity index (χ2v) is 6.16. The van der Waals surface area contributed by atoms with E-state index < -0.39 is 23.4 Å². The Morgan fingerprint density at radius 3 is 2.37 bits per heavy atom. The number of phenolic OH excluding ortho intramolecular Hbond substituents is 1. The number of benzene rings is 2. The van der Waals surface area contributed by atoms with Crippen molar-refractivity contribution in [1.29, 1.82) is 0 Å². The zero-order valence-electron chi connectivity index (χ0n) is 15.2. The first kappa shape index (κ1) is 19.9. The Balaban J connectivity index is 1.95. The molecule has 0 aliphatic heterocycles. The molecule has 27 heavy (non-hydrogen) atoms. The summed E-state index contributed by atoms with van der Waals surface area (Å²) in [5.41, 5.74) is 1.97. The molecule has 0 spiro atoms. The largest absolute Gasteiger partial charge is 0.507 e.